The van der Waals surface area contributed by atoms with Crippen molar-refractivity contribution in [2.75, 3.05) is 38.1 Å². The summed E-state index contributed by atoms with van der Waals surface area (Å²) in [5, 5.41) is 0.753. The predicted octanol–water partition coefficient (Wildman–Crippen LogP) is 4.79. The second-order valence-corrected chi connectivity index (χ2v) is 9.98. The van der Waals surface area contributed by atoms with Crippen molar-refractivity contribution in [2.24, 2.45) is 0 Å². The second kappa shape index (κ2) is 8.32. The van der Waals surface area contributed by atoms with Crippen LogP contribution in [-0.2, 0) is 0 Å². The molecule has 1 aromatic carbocycles. The van der Waals surface area contributed by atoms with Gasteiger partial charge in [-0.1, -0.05) is 17.7 Å². The smallest absolute Gasteiger partial charge is 0.124 e. The number of fused-ring (bicyclic) bond motifs is 2. The minimum Gasteiger partial charge on any atom is -0.367 e. The number of hydrogen-bond acceptors (Lipinski definition) is 5. The van der Waals surface area contributed by atoms with Crippen molar-refractivity contribution >= 4 is 28.3 Å². The van der Waals surface area contributed by atoms with E-state index in [9.17, 15) is 0 Å². The van der Waals surface area contributed by atoms with E-state index in [1.807, 2.05) is 18.3 Å². The Kier molecular flexibility index (Phi) is 5.32. The molecular weight excluding hydrogens is 420 g/mol. The highest BCUT2D eigenvalue weighted by atomic mass is 35.5. The topological polar surface area (TPSA) is 51.3 Å². The van der Waals surface area contributed by atoms with Crippen LogP contribution in [0.2, 0.25) is 5.02 Å². The predicted molar refractivity (Wildman–Crippen MR) is 129 cm³/mol. The molecule has 0 radical (unpaired) electrons. The van der Waals surface area contributed by atoms with Crippen LogP contribution in [0.25, 0.3) is 11.0 Å². The number of para-hydroxylation sites is 1. The van der Waals surface area contributed by atoms with E-state index >= 15 is 0 Å². The van der Waals surface area contributed by atoms with Crippen molar-refractivity contribution in [1.82, 2.24) is 24.8 Å². The van der Waals surface area contributed by atoms with E-state index < -0.39 is 0 Å². The summed E-state index contributed by atoms with van der Waals surface area (Å²) in [6.07, 6.45) is 7.80. The van der Waals surface area contributed by atoms with Crippen LogP contribution in [0.3, 0.4) is 0 Å². The summed E-state index contributed by atoms with van der Waals surface area (Å²) >= 11 is 6.50. The van der Waals surface area contributed by atoms with Gasteiger partial charge < -0.3 is 9.88 Å². The molecule has 3 aliphatic rings. The molecule has 0 spiro atoms. The molecule has 1 N–H and O–H groups in total. The van der Waals surface area contributed by atoms with Gasteiger partial charge in [-0.05, 0) is 70.0 Å². The lowest BCUT2D eigenvalue weighted by atomic mass is 9.93. The van der Waals surface area contributed by atoms with Gasteiger partial charge in [-0.25, -0.2) is 4.98 Å². The van der Waals surface area contributed by atoms with E-state index in [-0.39, 0.29) is 12.1 Å². The largest absolute Gasteiger partial charge is 0.367 e. The Bertz CT molecular complexity index is 1110. The Morgan fingerprint density at radius 1 is 1.00 bits per heavy atom. The maximum atomic E-state index is 6.50. The third kappa shape index (κ3) is 3.49. The van der Waals surface area contributed by atoms with Crippen molar-refractivity contribution in [2.45, 2.75) is 50.2 Å². The van der Waals surface area contributed by atoms with Crippen LogP contribution >= 0.6 is 11.6 Å². The number of aromatic nitrogens is 3. The molecule has 0 aliphatic carbocycles. The first kappa shape index (κ1) is 20.5. The number of likely N-dealkylation sites (tertiary alicyclic amines) is 1. The highest BCUT2D eigenvalue weighted by molar-refractivity contribution is 6.31. The lowest BCUT2D eigenvalue weighted by Gasteiger charge is -2.39. The van der Waals surface area contributed by atoms with E-state index in [0.717, 1.165) is 66.5 Å². The zero-order valence-corrected chi connectivity index (χ0v) is 19.4. The van der Waals surface area contributed by atoms with Gasteiger partial charge >= 0.3 is 0 Å². The lowest BCUT2D eigenvalue weighted by Crippen LogP contribution is -2.50. The molecule has 0 bridgehead atoms. The molecule has 6 nitrogen and oxygen atoms in total. The highest BCUT2D eigenvalue weighted by Gasteiger charge is 2.34. The molecule has 6 rings (SSSR count). The third-order valence-electron chi connectivity index (χ3n) is 7.79. The Labute approximate surface area is 194 Å². The quantitative estimate of drug-likeness (QED) is 0.621. The number of H-pyrrole nitrogens is 1. The zero-order valence-electron chi connectivity index (χ0n) is 18.7. The molecule has 168 valence electrons. The second-order valence-electron chi connectivity index (χ2n) is 9.57. The van der Waals surface area contributed by atoms with Crippen molar-refractivity contribution in [3.05, 3.63) is 53.1 Å². The molecule has 0 saturated carbocycles. The van der Waals surface area contributed by atoms with E-state index in [1.165, 1.54) is 25.1 Å². The number of benzene rings is 1. The van der Waals surface area contributed by atoms with Crippen LogP contribution in [0.15, 0.2) is 36.5 Å². The van der Waals surface area contributed by atoms with Gasteiger partial charge in [-0.3, -0.25) is 14.8 Å². The number of nitrogens with one attached hydrogen (secondary N) is 1. The minimum absolute atomic E-state index is 0.213. The molecule has 3 aliphatic heterocycles. The monoisotopic (exact) mass is 450 g/mol. The summed E-state index contributed by atoms with van der Waals surface area (Å²) < 4.78 is 0. The first-order chi connectivity index (χ1) is 15.7. The SMILES string of the molecule is CN1[C@@H](c2nc3c(N4CCN5CCC[C@H]5C4)cccc3[nH]2)CCC[C@H]1c1ncccc1Cl. The maximum absolute atomic E-state index is 6.50. The fourth-order valence-electron chi connectivity index (χ4n) is 6.09. The average Bonchev–Trinajstić information content (AvgIpc) is 3.46. The number of imidazole rings is 1. The van der Waals surface area contributed by atoms with E-state index in [0.29, 0.717) is 6.04 Å². The number of rotatable bonds is 3. The van der Waals surface area contributed by atoms with Crippen LogP contribution in [-0.4, -0.2) is 64.0 Å². The summed E-state index contributed by atoms with van der Waals surface area (Å²) in [5.41, 5.74) is 4.50. The van der Waals surface area contributed by atoms with Crippen LogP contribution in [0, 0.1) is 0 Å². The number of anilines is 1. The van der Waals surface area contributed by atoms with Crippen molar-refractivity contribution < 1.29 is 0 Å². The summed E-state index contributed by atoms with van der Waals surface area (Å²) in [6, 6.07) is 11.6. The van der Waals surface area contributed by atoms with Crippen molar-refractivity contribution in [1.29, 1.82) is 0 Å². The number of halogens is 1. The Morgan fingerprint density at radius 2 is 1.91 bits per heavy atom. The summed E-state index contributed by atoms with van der Waals surface area (Å²) in [6.45, 7) is 4.63. The van der Waals surface area contributed by atoms with Crippen LogP contribution in [0.4, 0.5) is 5.69 Å². The van der Waals surface area contributed by atoms with Crippen LogP contribution < -0.4 is 4.90 Å². The van der Waals surface area contributed by atoms with Crippen molar-refractivity contribution in [3.63, 3.8) is 0 Å². The molecular formula is C25H31ClN6. The molecule has 3 aromatic rings. The molecule has 7 heteroatoms. The van der Waals surface area contributed by atoms with Crippen molar-refractivity contribution in [3.8, 4) is 0 Å². The molecule has 32 heavy (non-hydrogen) atoms. The summed E-state index contributed by atoms with van der Waals surface area (Å²) in [7, 11) is 2.19. The normalized spacial score (nSPS) is 27.2. The first-order valence-electron chi connectivity index (χ1n) is 12.0. The van der Waals surface area contributed by atoms with Gasteiger partial charge in [0.15, 0.2) is 0 Å². The Hall–Kier alpha value is -2.15. The van der Waals surface area contributed by atoms with Gasteiger partial charge in [0.25, 0.3) is 0 Å². The van der Waals surface area contributed by atoms with E-state index in [1.54, 1.807) is 0 Å². The highest BCUT2D eigenvalue weighted by Crippen LogP contribution is 2.41. The van der Waals surface area contributed by atoms with Gasteiger partial charge in [0.05, 0.1) is 34.0 Å². The molecule has 0 amide bonds. The van der Waals surface area contributed by atoms with Gasteiger partial charge in [-0.15, -0.1) is 0 Å². The number of piperidine rings is 1. The van der Waals surface area contributed by atoms with Crippen LogP contribution in [0.5, 0.6) is 0 Å². The average molecular weight is 451 g/mol. The number of hydrogen-bond donors (Lipinski definition) is 1. The lowest BCUT2D eigenvalue weighted by molar-refractivity contribution is 0.107. The number of piperazine rings is 1. The summed E-state index contributed by atoms with van der Waals surface area (Å²) in [4.78, 5) is 21.1. The van der Waals surface area contributed by atoms with Gasteiger partial charge in [0.2, 0.25) is 0 Å². The van der Waals surface area contributed by atoms with Gasteiger partial charge in [0.1, 0.15) is 11.3 Å². The molecule has 3 fully saturated rings. The van der Waals surface area contributed by atoms with Gasteiger partial charge in [-0.2, -0.15) is 0 Å². The number of nitrogens with zero attached hydrogens (tertiary/aromatic N) is 5. The van der Waals surface area contributed by atoms with Crippen LogP contribution in [0.1, 0.15) is 55.7 Å². The van der Waals surface area contributed by atoms with Gasteiger partial charge in [0, 0.05) is 31.9 Å². The fraction of sp³-hybridized carbons (Fsp3) is 0.520. The molecule has 2 aromatic heterocycles. The maximum Gasteiger partial charge on any atom is 0.124 e. The van der Waals surface area contributed by atoms with E-state index in [2.05, 4.69) is 49.9 Å². The fourth-order valence-corrected chi connectivity index (χ4v) is 6.34. The number of aromatic amines is 1. The summed E-state index contributed by atoms with van der Waals surface area (Å²) in [5.74, 6) is 1.06. The third-order valence-corrected chi connectivity index (χ3v) is 8.11. The number of pyridine rings is 1. The molecule has 5 heterocycles. The van der Waals surface area contributed by atoms with E-state index in [4.69, 9.17) is 16.6 Å². The Morgan fingerprint density at radius 3 is 2.81 bits per heavy atom. The molecule has 3 saturated heterocycles. The standard InChI is InChI=1S/C25H31ClN6/c1-30-20(23-18(26)7-4-12-27-23)9-3-11-22(30)25-28-19-8-2-10-21(24(19)29-25)32-15-14-31-13-5-6-17(31)16-32/h2,4,7-8,10,12,17,20,22H,3,5-6,9,11,13-16H2,1H3,(H,28,29)/t17-,20-,22+/m0/s1. The molecule has 0 unspecified atom stereocenters. The zero-order chi connectivity index (χ0) is 21.7. The molecule has 3 atom stereocenters. The minimum atomic E-state index is 0.213. The Balaban J connectivity index is 1.30. The first-order valence-corrected chi connectivity index (χ1v) is 12.4.